The van der Waals surface area contributed by atoms with Crippen molar-refractivity contribution in [1.82, 2.24) is 4.90 Å². The molecule has 0 saturated carbocycles. The van der Waals surface area contributed by atoms with Crippen molar-refractivity contribution in [1.29, 1.82) is 5.26 Å². The third kappa shape index (κ3) is 3.46. The van der Waals surface area contributed by atoms with Crippen molar-refractivity contribution in [3.8, 4) is 6.07 Å². The SMILES string of the molecule is CCCN(CC#N)C(=O)OC. The van der Waals surface area contributed by atoms with Crippen molar-refractivity contribution < 1.29 is 9.53 Å². The molecule has 0 fully saturated rings. The predicted molar refractivity (Wildman–Crippen MR) is 39.9 cm³/mol. The van der Waals surface area contributed by atoms with Crippen LogP contribution < -0.4 is 0 Å². The lowest BCUT2D eigenvalue weighted by Crippen LogP contribution is -2.31. The van der Waals surface area contributed by atoms with Gasteiger partial charge >= 0.3 is 6.09 Å². The molecule has 62 valence electrons. The zero-order valence-electron chi connectivity index (χ0n) is 6.83. The van der Waals surface area contributed by atoms with Gasteiger partial charge in [-0.1, -0.05) is 6.92 Å². The summed E-state index contributed by atoms with van der Waals surface area (Å²) in [5.74, 6) is 0. The summed E-state index contributed by atoms with van der Waals surface area (Å²) in [4.78, 5) is 12.2. The second-order valence-electron chi connectivity index (χ2n) is 2.05. The zero-order valence-corrected chi connectivity index (χ0v) is 6.83. The van der Waals surface area contributed by atoms with Gasteiger partial charge in [-0.2, -0.15) is 5.26 Å². The van der Waals surface area contributed by atoms with E-state index in [1.165, 1.54) is 12.0 Å². The Morgan fingerprint density at radius 3 is 2.73 bits per heavy atom. The van der Waals surface area contributed by atoms with E-state index in [-0.39, 0.29) is 6.54 Å². The zero-order chi connectivity index (χ0) is 8.69. The fraction of sp³-hybridized carbons (Fsp3) is 0.714. The maximum atomic E-state index is 10.8. The van der Waals surface area contributed by atoms with Crippen molar-refractivity contribution in [2.45, 2.75) is 13.3 Å². The molecular formula is C7H12N2O2. The Morgan fingerprint density at radius 1 is 1.73 bits per heavy atom. The first-order chi connectivity index (χ1) is 5.26. The first-order valence-electron chi connectivity index (χ1n) is 3.46. The number of hydrogen-bond donors (Lipinski definition) is 0. The quantitative estimate of drug-likeness (QED) is 0.572. The third-order valence-corrected chi connectivity index (χ3v) is 1.19. The fourth-order valence-corrected chi connectivity index (χ4v) is 0.719. The van der Waals surface area contributed by atoms with Gasteiger partial charge in [-0.3, -0.25) is 4.90 Å². The number of hydrogen-bond acceptors (Lipinski definition) is 3. The minimum atomic E-state index is -0.437. The molecule has 0 aromatic rings. The summed E-state index contributed by atoms with van der Waals surface area (Å²) in [6, 6.07) is 1.89. The number of methoxy groups -OCH3 is 1. The van der Waals surface area contributed by atoms with E-state index in [0.29, 0.717) is 6.54 Å². The van der Waals surface area contributed by atoms with Gasteiger partial charge in [0.25, 0.3) is 0 Å². The number of carbonyl (C=O) groups excluding carboxylic acids is 1. The lowest BCUT2D eigenvalue weighted by Gasteiger charge is -2.15. The van der Waals surface area contributed by atoms with Crippen LogP contribution in [0, 0.1) is 11.3 Å². The summed E-state index contributed by atoms with van der Waals surface area (Å²) in [5, 5.41) is 8.31. The van der Waals surface area contributed by atoms with E-state index in [2.05, 4.69) is 4.74 Å². The van der Waals surface area contributed by atoms with Gasteiger partial charge in [-0.05, 0) is 6.42 Å². The molecule has 0 rings (SSSR count). The second kappa shape index (κ2) is 5.54. The Hall–Kier alpha value is -1.24. The van der Waals surface area contributed by atoms with Crippen molar-refractivity contribution in [3.63, 3.8) is 0 Å². The number of amides is 1. The van der Waals surface area contributed by atoms with Crippen LogP contribution in [0.4, 0.5) is 4.79 Å². The Bertz CT molecular complexity index is 162. The molecule has 4 heteroatoms. The topological polar surface area (TPSA) is 53.3 Å². The number of ether oxygens (including phenoxy) is 1. The Morgan fingerprint density at radius 2 is 2.36 bits per heavy atom. The minimum absolute atomic E-state index is 0.0977. The highest BCUT2D eigenvalue weighted by atomic mass is 16.5. The highest BCUT2D eigenvalue weighted by Gasteiger charge is 2.10. The van der Waals surface area contributed by atoms with Crippen LogP contribution in [-0.2, 0) is 4.74 Å². The van der Waals surface area contributed by atoms with Gasteiger partial charge in [0.2, 0.25) is 0 Å². The summed E-state index contributed by atoms with van der Waals surface area (Å²) >= 11 is 0. The average Bonchev–Trinajstić information content (AvgIpc) is 2.03. The minimum Gasteiger partial charge on any atom is -0.453 e. The molecule has 11 heavy (non-hydrogen) atoms. The summed E-state index contributed by atoms with van der Waals surface area (Å²) in [7, 11) is 1.31. The first kappa shape index (κ1) is 9.76. The standard InChI is InChI=1S/C7H12N2O2/c1-3-5-9(6-4-8)7(10)11-2/h3,5-6H2,1-2H3. The van der Waals surface area contributed by atoms with Crippen LogP contribution in [-0.4, -0.2) is 31.2 Å². The van der Waals surface area contributed by atoms with Crippen LogP contribution in [0.2, 0.25) is 0 Å². The highest BCUT2D eigenvalue weighted by Crippen LogP contribution is 1.93. The van der Waals surface area contributed by atoms with Gasteiger partial charge < -0.3 is 4.74 Å². The summed E-state index contributed by atoms with van der Waals surface area (Å²) in [6.07, 6.45) is 0.393. The fourth-order valence-electron chi connectivity index (χ4n) is 0.719. The monoisotopic (exact) mass is 156 g/mol. The summed E-state index contributed by atoms with van der Waals surface area (Å²) in [5.41, 5.74) is 0. The molecule has 0 aliphatic heterocycles. The first-order valence-corrected chi connectivity index (χ1v) is 3.46. The van der Waals surface area contributed by atoms with Gasteiger partial charge in [-0.25, -0.2) is 4.79 Å². The van der Waals surface area contributed by atoms with Gasteiger partial charge in [0, 0.05) is 6.54 Å². The molecule has 0 unspecified atom stereocenters. The van der Waals surface area contributed by atoms with Crippen LogP contribution in [0.3, 0.4) is 0 Å². The van der Waals surface area contributed by atoms with Crippen molar-refractivity contribution >= 4 is 6.09 Å². The third-order valence-electron chi connectivity index (χ3n) is 1.19. The van der Waals surface area contributed by atoms with E-state index >= 15 is 0 Å². The Labute approximate surface area is 66.4 Å². The van der Waals surface area contributed by atoms with E-state index < -0.39 is 6.09 Å². The molecule has 0 aromatic heterocycles. The van der Waals surface area contributed by atoms with E-state index in [1.54, 1.807) is 0 Å². The van der Waals surface area contributed by atoms with Crippen LogP contribution in [0.5, 0.6) is 0 Å². The summed E-state index contributed by atoms with van der Waals surface area (Å²) in [6.45, 7) is 2.61. The molecule has 0 aliphatic rings. The highest BCUT2D eigenvalue weighted by molar-refractivity contribution is 5.67. The molecule has 0 spiro atoms. The predicted octanol–water partition coefficient (Wildman–Crippen LogP) is 0.988. The molecule has 0 radical (unpaired) electrons. The number of carbonyl (C=O) groups is 1. The summed E-state index contributed by atoms with van der Waals surface area (Å²) < 4.78 is 4.45. The average molecular weight is 156 g/mol. The molecule has 0 saturated heterocycles. The molecular weight excluding hydrogens is 144 g/mol. The van der Waals surface area contributed by atoms with Crippen LogP contribution >= 0.6 is 0 Å². The lowest BCUT2D eigenvalue weighted by atomic mass is 10.4. The van der Waals surface area contributed by atoms with Crippen molar-refractivity contribution in [2.24, 2.45) is 0 Å². The smallest absolute Gasteiger partial charge is 0.410 e. The van der Waals surface area contributed by atoms with E-state index in [0.717, 1.165) is 6.42 Å². The van der Waals surface area contributed by atoms with Crippen LogP contribution in [0.25, 0.3) is 0 Å². The molecule has 0 bridgehead atoms. The molecule has 0 heterocycles. The normalized spacial score (nSPS) is 8.45. The molecule has 0 aliphatic carbocycles. The Kier molecular flexibility index (Phi) is 4.91. The van der Waals surface area contributed by atoms with Crippen LogP contribution in [0.1, 0.15) is 13.3 Å². The number of nitrogens with zero attached hydrogens (tertiary/aromatic N) is 2. The maximum Gasteiger partial charge on any atom is 0.410 e. The molecule has 1 amide bonds. The molecule has 0 aromatic carbocycles. The van der Waals surface area contributed by atoms with Gasteiger partial charge in [-0.15, -0.1) is 0 Å². The van der Waals surface area contributed by atoms with Gasteiger partial charge in [0.1, 0.15) is 6.54 Å². The van der Waals surface area contributed by atoms with E-state index in [1.807, 2.05) is 13.0 Å². The van der Waals surface area contributed by atoms with Crippen molar-refractivity contribution in [3.05, 3.63) is 0 Å². The van der Waals surface area contributed by atoms with Gasteiger partial charge in [0.15, 0.2) is 0 Å². The second-order valence-corrected chi connectivity index (χ2v) is 2.05. The number of rotatable bonds is 3. The van der Waals surface area contributed by atoms with Crippen LogP contribution in [0.15, 0.2) is 0 Å². The number of nitriles is 1. The largest absolute Gasteiger partial charge is 0.453 e. The molecule has 0 N–H and O–H groups in total. The van der Waals surface area contributed by atoms with Crippen molar-refractivity contribution in [2.75, 3.05) is 20.2 Å². The van der Waals surface area contributed by atoms with E-state index in [9.17, 15) is 4.79 Å². The molecule has 4 nitrogen and oxygen atoms in total. The Balaban J connectivity index is 3.89. The van der Waals surface area contributed by atoms with E-state index in [4.69, 9.17) is 5.26 Å². The molecule has 0 atom stereocenters. The lowest BCUT2D eigenvalue weighted by molar-refractivity contribution is 0.129. The maximum absolute atomic E-state index is 10.8. The van der Waals surface area contributed by atoms with Gasteiger partial charge in [0.05, 0.1) is 13.2 Å².